The molecule has 31 heavy (non-hydrogen) atoms. The number of rotatable bonds is 7. The molecule has 1 heterocycles. The zero-order valence-corrected chi connectivity index (χ0v) is 17.9. The Bertz CT molecular complexity index is 1080. The lowest BCUT2D eigenvalue weighted by molar-refractivity contribution is -0.384. The number of aromatic hydroxyl groups is 1. The van der Waals surface area contributed by atoms with Crippen molar-refractivity contribution in [3.8, 4) is 11.5 Å². The average Bonchev–Trinajstić information content (AvgIpc) is 2.98. The molecular formula is C20H17N3O6S2. The Balaban J connectivity index is 1.69. The summed E-state index contributed by atoms with van der Waals surface area (Å²) < 4.78 is 5.59. The zero-order chi connectivity index (χ0) is 22.5. The molecule has 160 valence electrons. The van der Waals surface area contributed by atoms with Gasteiger partial charge < -0.3 is 15.2 Å². The number of hydrogen-bond acceptors (Lipinski definition) is 8. The summed E-state index contributed by atoms with van der Waals surface area (Å²) in [5, 5.41) is 23.1. The lowest BCUT2D eigenvalue weighted by atomic mass is 10.2. The molecule has 2 amide bonds. The summed E-state index contributed by atoms with van der Waals surface area (Å²) in [4.78, 5) is 36.8. The van der Waals surface area contributed by atoms with E-state index in [4.69, 9.17) is 17.0 Å². The van der Waals surface area contributed by atoms with Gasteiger partial charge in [-0.25, -0.2) is 0 Å². The molecule has 0 saturated carbocycles. The van der Waals surface area contributed by atoms with Crippen molar-refractivity contribution in [1.82, 2.24) is 4.90 Å². The number of non-ortho nitro benzene ring substituents is 1. The summed E-state index contributed by atoms with van der Waals surface area (Å²) in [6.07, 6.45) is 1.67. The molecule has 0 bridgehead atoms. The molecule has 2 N–H and O–H groups in total. The number of anilines is 1. The van der Waals surface area contributed by atoms with Gasteiger partial charge in [0.15, 0.2) is 0 Å². The van der Waals surface area contributed by atoms with Gasteiger partial charge in [0.2, 0.25) is 5.91 Å². The van der Waals surface area contributed by atoms with E-state index in [0.717, 1.165) is 40.4 Å². The number of phenols is 1. The van der Waals surface area contributed by atoms with Crippen LogP contribution < -0.4 is 10.1 Å². The van der Waals surface area contributed by atoms with Crippen LogP contribution in [0.25, 0.3) is 6.08 Å². The summed E-state index contributed by atoms with van der Waals surface area (Å²) in [7, 11) is 0. The molecule has 0 aromatic heterocycles. The van der Waals surface area contributed by atoms with Crippen molar-refractivity contribution < 1.29 is 24.4 Å². The fourth-order valence-electron chi connectivity index (χ4n) is 2.69. The second-order valence-electron chi connectivity index (χ2n) is 6.28. The number of benzene rings is 2. The van der Waals surface area contributed by atoms with Crippen molar-refractivity contribution in [1.29, 1.82) is 0 Å². The van der Waals surface area contributed by atoms with E-state index in [-0.39, 0.29) is 21.4 Å². The zero-order valence-electron chi connectivity index (χ0n) is 16.2. The standard InChI is InChI=1S/C20H17N3O6S2/c1-2-29-14-6-3-12(4-7-14)9-17-19(26)22(20(30)31-17)11-18(25)21-15-10-13(23(27)28)5-8-16(15)24/h3-10,24H,2,11H2,1H3,(H,21,25)/b17-9+. The highest BCUT2D eigenvalue weighted by Crippen LogP contribution is 2.33. The SMILES string of the molecule is CCOc1ccc(/C=C2/SC(=S)N(CC(=O)Nc3cc([N+](=O)[O-])ccc3O)C2=O)cc1. The number of amides is 2. The number of nitro benzene ring substituents is 1. The van der Waals surface area contributed by atoms with Crippen LogP contribution in [-0.4, -0.2) is 44.2 Å². The van der Waals surface area contributed by atoms with E-state index >= 15 is 0 Å². The number of phenolic OH excluding ortho intramolecular Hbond substituents is 1. The van der Waals surface area contributed by atoms with Crippen molar-refractivity contribution in [2.24, 2.45) is 0 Å². The molecular weight excluding hydrogens is 442 g/mol. The molecule has 1 saturated heterocycles. The van der Waals surface area contributed by atoms with Gasteiger partial charge in [-0.05, 0) is 36.8 Å². The number of thioether (sulfide) groups is 1. The fraction of sp³-hybridized carbons (Fsp3) is 0.150. The van der Waals surface area contributed by atoms with E-state index in [9.17, 15) is 24.8 Å². The Morgan fingerprint density at radius 1 is 1.32 bits per heavy atom. The third-order valence-corrected chi connectivity index (χ3v) is 5.51. The largest absolute Gasteiger partial charge is 0.506 e. The first-order chi connectivity index (χ1) is 14.8. The first-order valence-corrected chi connectivity index (χ1v) is 10.3. The van der Waals surface area contributed by atoms with Crippen molar-refractivity contribution in [2.75, 3.05) is 18.5 Å². The first kappa shape index (κ1) is 22.2. The highest BCUT2D eigenvalue weighted by atomic mass is 32.2. The number of carbonyl (C=O) groups is 2. The molecule has 2 aromatic rings. The summed E-state index contributed by atoms with van der Waals surface area (Å²) in [6, 6.07) is 10.4. The number of nitrogens with one attached hydrogen (secondary N) is 1. The highest BCUT2D eigenvalue weighted by Gasteiger charge is 2.33. The number of ether oxygens (including phenoxy) is 1. The number of nitrogens with zero attached hydrogens (tertiary/aromatic N) is 2. The third kappa shape index (κ3) is 5.38. The Hall–Kier alpha value is -3.44. The molecule has 0 spiro atoms. The second kappa shape index (κ2) is 9.58. The lowest BCUT2D eigenvalue weighted by Crippen LogP contribution is -2.36. The van der Waals surface area contributed by atoms with Crippen LogP contribution in [0.2, 0.25) is 0 Å². The van der Waals surface area contributed by atoms with E-state index in [0.29, 0.717) is 17.3 Å². The van der Waals surface area contributed by atoms with Crippen molar-refractivity contribution in [3.63, 3.8) is 0 Å². The van der Waals surface area contributed by atoms with E-state index in [1.807, 2.05) is 6.92 Å². The smallest absolute Gasteiger partial charge is 0.271 e. The van der Waals surface area contributed by atoms with Crippen LogP contribution in [0, 0.1) is 10.1 Å². The van der Waals surface area contributed by atoms with Crippen molar-refractivity contribution >= 4 is 57.6 Å². The van der Waals surface area contributed by atoms with Gasteiger partial charge >= 0.3 is 0 Å². The number of thiocarbonyl (C=S) groups is 1. The number of carbonyl (C=O) groups excluding carboxylic acids is 2. The Kier molecular flexibility index (Phi) is 6.88. The van der Waals surface area contributed by atoms with Gasteiger partial charge in [-0.3, -0.25) is 24.6 Å². The minimum Gasteiger partial charge on any atom is -0.506 e. The van der Waals surface area contributed by atoms with Crippen molar-refractivity contribution in [3.05, 3.63) is 63.0 Å². The molecule has 0 unspecified atom stereocenters. The molecule has 3 rings (SSSR count). The normalized spacial score (nSPS) is 14.7. The molecule has 1 aliphatic heterocycles. The average molecular weight is 460 g/mol. The monoisotopic (exact) mass is 459 g/mol. The number of hydrogen-bond donors (Lipinski definition) is 2. The Morgan fingerprint density at radius 3 is 2.68 bits per heavy atom. The van der Waals surface area contributed by atoms with E-state index in [2.05, 4.69) is 5.32 Å². The van der Waals surface area contributed by atoms with Gasteiger partial charge in [0, 0.05) is 12.1 Å². The molecule has 9 nitrogen and oxygen atoms in total. The maximum absolute atomic E-state index is 12.7. The fourth-order valence-corrected chi connectivity index (χ4v) is 3.94. The van der Waals surface area contributed by atoms with Gasteiger partial charge in [0.05, 0.1) is 22.1 Å². The third-order valence-electron chi connectivity index (χ3n) is 4.13. The lowest BCUT2D eigenvalue weighted by Gasteiger charge is -2.14. The minimum atomic E-state index is -0.658. The number of nitro groups is 1. The van der Waals surface area contributed by atoms with Gasteiger partial charge in [0.25, 0.3) is 11.6 Å². The Labute approximate surface area is 186 Å². The predicted octanol–water partition coefficient (Wildman–Crippen LogP) is 3.54. The van der Waals surface area contributed by atoms with Gasteiger partial charge in [0.1, 0.15) is 22.4 Å². The molecule has 1 fully saturated rings. The van der Waals surface area contributed by atoms with Gasteiger partial charge in [-0.1, -0.05) is 36.1 Å². The van der Waals surface area contributed by atoms with E-state index in [1.54, 1.807) is 30.3 Å². The van der Waals surface area contributed by atoms with E-state index in [1.165, 1.54) is 0 Å². The molecule has 2 aromatic carbocycles. The maximum atomic E-state index is 12.7. The topological polar surface area (TPSA) is 122 Å². The van der Waals surface area contributed by atoms with Gasteiger partial charge in [-0.15, -0.1) is 0 Å². The van der Waals surface area contributed by atoms with Crippen LogP contribution in [0.4, 0.5) is 11.4 Å². The molecule has 1 aliphatic rings. The molecule has 0 aliphatic carbocycles. The highest BCUT2D eigenvalue weighted by molar-refractivity contribution is 8.26. The summed E-state index contributed by atoms with van der Waals surface area (Å²) in [5.74, 6) is -0.704. The van der Waals surface area contributed by atoms with Crippen LogP contribution in [0.1, 0.15) is 12.5 Å². The first-order valence-electron chi connectivity index (χ1n) is 9.04. The maximum Gasteiger partial charge on any atom is 0.271 e. The van der Waals surface area contributed by atoms with E-state index < -0.39 is 23.3 Å². The summed E-state index contributed by atoms with van der Waals surface area (Å²) >= 11 is 6.29. The Morgan fingerprint density at radius 2 is 2.03 bits per heavy atom. The molecule has 0 radical (unpaired) electrons. The van der Waals surface area contributed by atoms with Crippen LogP contribution >= 0.6 is 24.0 Å². The van der Waals surface area contributed by atoms with Crippen LogP contribution in [-0.2, 0) is 9.59 Å². The molecule has 11 heteroatoms. The van der Waals surface area contributed by atoms with Crippen LogP contribution in [0.3, 0.4) is 0 Å². The van der Waals surface area contributed by atoms with Crippen LogP contribution in [0.5, 0.6) is 11.5 Å². The predicted molar refractivity (Wildman–Crippen MR) is 121 cm³/mol. The summed E-state index contributed by atoms with van der Waals surface area (Å²) in [5.41, 5.74) is 0.349. The quantitative estimate of drug-likeness (QED) is 0.212. The summed E-state index contributed by atoms with van der Waals surface area (Å²) in [6.45, 7) is 2.04. The minimum absolute atomic E-state index is 0.130. The van der Waals surface area contributed by atoms with Gasteiger partial charge in [-0.2, -0.15) is 0 Å². The second-order valence-corrected chi connectivity index (χ2v) is 7.95. The molecule has 0 atom stereocenters. The van der Waals surface area contributed by atoms with Crippen molar-refractivity contribution in [2.45, 2.75) is 6.92 Å². The van der Waals surface area contributed by atoms with Crippen LogP contribution in [0.15, 0.2) is 47.4 Å².